The quantitative estimate of drug-likeness (QED) is 0.651. The van der Waals surface area contributed by atoms with Crippen molar-refractivity contribution in [1.29, 1.82) is 0 Å². The number of hydrogen-bond donors (Lipinski definition) is 1. The average Bonchev–Trinajstić information content (AvgIpc) is 2.27. The minimum absolute atomic E-state index is 0.294. The first-order valence-corrected chi connectivity index (χ1v) is 5.34. The Balaban J connectivity index is 3.26. The molecule has 16 heavy (non-hydrogen) atoms. The Morgan fingerprint density at radius 2 is 1.94 bits per heavy atom. The van der Waals surface area contributed by atoms with Crippen LogP contribution in [0.2, 0.25) is 0 Å². The van der Waals surface area contributed by atoms with Crippen LogP contribution in [-0.2, 0) is 14.9 Å². The van der Waals surface area contributed by atoms with Crippen LogP contribution >= 0.6 is 12.6 Å². The van der Waals surface area contributed by atoms with Gasteiger partial charge < -0.3 is 9.47 Å². The van der Waals surface area contributed by atoms with Crippen molar-refractivity contribution in [1.82, 2.24) is 0 Å². The molecule has 1 aromatic carbocycles. The van der Waals surface area contributed by atoms with E-state index in [1.54, 1.807) is 27.0 Å². The number of carbonyl (C=O) groups is 1. The number of rotatable bonds is 3. The Bertz CT molecular complexity index is 399. The van der Waals surface area contributed by atoms with Gasteiger partial charge in [0.25, 0.3) is 0 Å². The van der Waals surface area contributed by atoms with Crippen molar-refractivity contribution in [3.63, 3.8) is 0 Å². The molecule has 0 heterocycles. The lowest BCUT2D eigenvalue weighted by molar-refractivity contribution is -0.146. The number of thiol groups is 1. The van der Waals surface area contributed by atoms with Gasteiger partial charge in [0.1, 0.15) is 5.75 Å². The molecule has 0 N–H and O–H groups in total. The molecule has 4 heteroatoms. The van der Waals surface area contributed by atoms with Crippen molar-refractivity contribution in [2.45, 2.75) is 24.2 Å². The summed E-state index contributed by atoms with van der Waals surface area (Å²) >= 11 is 4.23. The van der Waals surface area contributed by atoms with Crippen molar-refractivity contribution in [2.24, 2.45) is 0 Å². The molecule has 1 rings (SSSR count). The molecule has 88 valence electrons. The molecule has 0 spiro atoms. The predicted molar refractivity (Wildman–Crippen MR) is 65.3 cm³/mol. The molecule has 0 saturated heterocycles. The molecule has 1 aromatic rings. The lowest BCUT2D eigenvalue weighted by Gasteiger charge is -2.24. The van der Waals surface area contributed by atoms with E-state index >= 15 is 0 Å². The van der Waals surface area contributed by atoms with Crippen molar-refractivity contribution in [3.8, 4) is 5.75 Å². The summed E-state index contributed by atoms with van der Waals surface area (Å²) in [4.78, 5) is 12.5. The van der Waals surface area contributed by atoms with Crippen LogP contribution in [0, 0.1) is 0 Å². The first kappa shape index (κ1) is 12.9. The van der Waals surface area contributed by atoms with E-state index in [1.807, 2.05) is 12.1 Å². The van der Waals surface area contributed by atoms with Crippen molar-refractivity contribution >= 4 is 18.6 Å². The van der Waals surface area contributed by atoms with Gasteiger partial charge in [0.05, 0.1) is 19.6 Å². The van der Waals surface area contributed by atoms with Gasteiger partial charge in [0, 0.05) is 10.5 Å². The van der Waals surface area contributed by atoms with Crippen LogP contribution < -0.4 is 4.74 Å². The summed E-state index contributed by atoms with van der Waals surface area (Å²) in [7, 11) is 2.95. The first-order chi connectivity index (χ1) is 7.43. The van der Waals surface area contributed by atoms with Gasteiger partial charge in [-0.2, -0.15) is 0 Å². The summed E-state index contributed by atoms with van der Waals surface area (Å²) in [5.41, 5.74) is 0.0568. The fourth-order valence-corrected chi connectivity index (χ4v) is 1.75. The van der Waals surface area contributed by atoms with Gasteiger partial charge in [-0.15, -0.1) is 12.6 Å². The molecule has 0 fully saturated rings. The minimum Gasteiger partial charge on any atom is -0.496 e. The second-order valence-corrected chi connectivity index (χ2v) is 4.52. The van der Waals surface area contributed by atoms with Crippen LogP contribution in [-0.4, -0.2) is 20.2 Å². The van der Waals surface area contributed by atoms with Gasteiger partial charge in [0.15, 0.2) is 0 Å². The van der Waals surface area contributed by atoms with Gasteiger partial charge >= 0.3 is 5.97 Å². The Morgan fingerprint density at radius 3 is 2.44 bits per heavy atom. The summed E-state index contributed by atoms with van der Waals surface area (Å²) < 4.78 is 10.0. The molecule has 0 amide bonds. The van der Waals surface area contributed by atoms with E-state index < -0.39 is 5.41 Å². The number of carbonyl (C=O) groups excluding carboxylic acids is 1. The maximum Gasteiger partial charge on any atom is 0.315 e. The fourth-order valence-electron chi connectivity index (χ4n) is 1.56. The molecule has 0 atom stereocenters. The van der Waals surface area contributed by atoms with Crippen LogP contribution in [0.3, 0.4) is 0 Å². The maximum atomic E-state index is 11.7. The maximum absolute atomic E-state index is 11.7. The highest BCUT2D eigenvalue weighted by Crippen LogP contribution is 2.34. The topological polar surface area (TPSA) is 35.5 Å². The highest BCUT2D eigenvalue weighted by Gasteiger charge is 2.33. The molecule has 0 aromatic heterocycles. The third-order valence-corrected chi connectivity index (χ3v) is 2.83. The van der Waals surface area contributed by atoms with E-state index in [-0.39, 0.29) is 5.97 Å². The average molecular weight is 240 g/mol. The monoisotopic (exact) mass is 240 g/mol. The largest absolute Gasteiger partial charge is 0.496 e. The molecule has 0 aliphatic carbocycles. The van der Waals surface area contributed by atoms with Gasteiger partial charge in [-0.25, -0.2) is 0 Å². The Morgan fingerprint density at radius 1 is 1.31 bits per heavy atom. The van der Waals surface area contributed by atoms with E-state index in [2.05, 4.69) is 12.6 Å². The predicted octanol–water partition coefficient (Wildman–Crippen LogP) is 2.43. The summed E-state index contributed by atoms with van der Waals surface area (Å²) in [5, 5.41) is 0. The van der Waals surface area contributed by atoms with Gasteiger partial charge in [-0.1, -0.05) is 6.07 Å². The third-order valence-electron chi connectivity index (χ3n) is 2.55. The Labute approximate surface area is 101 Å². The summed E-state index contributed by atoms with van der Waals surface area (Å²) in [6.07, 6.45) is 0. The highest BCUT2D eigenvalue weighted by atomic mass is 32.1. The van der Waals surface area contributed by atoms with Crippen LogP contribution in [0.25, 0.3) is 0 Å². The summed E-state index contributed by atoms with van der Waals surface area (Å²) in [5.74, 6) is 0.348. The number of methoxy groups -OCH3 is 2. The van der Waals surface area contributed by atoms with E-state index in [0.29, 0.717) is 5.75 Å². The van der Waals surface area contributed by atoms with Crippen LogP contribution in [0.4, 0.5) is 0 Å². The van der Waals surface area contributed by atoms with Crippen LogP contribution in [0.15, 0.2) is 23.1 Å². The van der Waals surface area contributed by atoms with Crippen molar-refractivity contribution < 1.29 is 14.3 Å². The number of benzene rings is 1. The smallest absolute Gasteiger partial charge is 0.315 e. The zero-order valence-electron chi connectivity index (χ0n) is 9.90. The zero-order valence-corrected chi connectivity index (χ0v) is 10.8. The molecule has 0 aliphatic heterocycles. The second-order valence-electron chi connectivity index (χ2n) is 4.00. The SMILES string of the molecule is COC(=O)C(C)(C)c1ccc(S)cc1OC. The van der Waals surface area contributed by atoms with E-state index in [4.69, 9.17) is 9.47 Å². The summed E-state index contributed by atoms with van der Waals surface area (Å²) in [6.45, 7) is 3.60. The second kappa shape index (κ2) is 4.78. The highest BCUT2D eigenvalue weighted by molar-refractivity contribution is 7.80. The number of ether oxygens (including phenoxy) is 2. The van der Waals surface area contributed by atoms with Crippen LogP contribution in [0.1, 0.15) is 19.4 Å². The van der Waals surface area contributed by atoms with Crippen LogP contribution in [0.5, 0.6) is 5.75 Å². The number of hydrogen-bond acceptors (Lipinski definition) is 4. The van der Waals surface area contributed by atoms with Crippen molar-refractivity contribution in [2.75, 3.05) is 14.2 Å². The van der Waals surface area contributed by atoms with Gasteiger partial charge in [-0.05, 0) is 26.0 Å². The van der Waals surface area contributed by atoms with Crippen molar-refractivity contribution in [3.05, 3.63) is 23.8 Å². The normalized spacial score (nSPS) is 11.1. The summed E-state index contributed by atoms with van der Waals surface area (Å²) in [6, 6.07) is 5.44. The van der Waals surface area contributed by atoms with Gasteiger partial charge in [-0.3, -0.25) is 4.79 Å². The third kappa shape index (κ3) is 2.32. The fraction of sp³-hybridized carbons (Fsp3) is 0.417. The molecular weight excluding hydrogens is 224 g/mol. The molecule has 3 nitrogen and oxygen atoms in total. The van der Waals surface area contributed by atoms with Gasteiger partial charge in [0.2, 0.25) is 0 Å². The van der Waals surface area contributed by atoms with E-state index in [1.165, 1.54) is 7.11 Å². The van der Waals surface area contributed by atoms with E-state index in [9.17, 15) is 4.79 Å². The minimum atomic E-state index is -0.735. The Hall–Kier alpha value is -1.16. The lowest BCUT2D eigenvalue weighted by Crippen LogP contribution is -2.30. The molecule has 0 bridgehead atoms. The Kier molecular flexibility index (Phi) is 3.86. The molecule has 0 saturated carbocycles. The molecule has 0 unspecified atom stereocenters. The zero-order chi connectivity index (χ0) is 12.3. The molecule has 0 radical (unpaired) electrons. The van der Waals surface area contributed by atoms with E-state index in [0.717, 1.165) is 10.5 Å². The molecule has 0 aliphatic rings. The standard InChI is InChI=1S/C12H16O3S/c1-12(2,11(13)15-4)9-6-5-8(16)7-10(9)14-3/h5-7,16H,1-4H3. The lowest BCUT2D eigenvalue weighted by atomic mass is 9.84. The number of esters is 1. The molecular formula is C12H16O3S. The first-order valence-electron chi connectivity index (χ1n) is 4.89.